The predicted molar refractivity (Wildman–Crippen MR) is 113 cm³/mol. The van der Waals surface area contributed by atoms with Crippen LogP contribution in [0.25, 0.3) is 6.08 Å². The SMILES string of the molecule is CCN(CC)C(=O)Oc1ccc2c(c1)OC(=CC1=Cc3ccccc3O[C@@H]1C)C2=O. The van der Waals surface area contributed by atoms with E-state index in [1.165, 1.54) is 0 Å². The summed E-state index contributed by atoms with van der Waals surface area (Å²) >= 11 is 0. The molecule has 0 bridgehead atoms. The Kier molecular flexibility index (Phi) is 5.31. The van der Waals surface area contributed by atoms with Crippen molar-refractivity contribution in [3.8, 4) is 17.2 Å². The molecule has 2 aliphatic rings. The number of ketones is 1. The molecule has 154 valence electrons. The van der Waals surface area contributed by atoms with Gasteiger partial charge < -0.3 is 19.1 Å². The second kappa shape index (κ2) is 8.06. The third-order valence-electron chi connectivity index (χ3n) is 5.18. The van der Waals surface area contributed by atoms with E-state index in [-0.39, 0.29) is 17.6 Å². The number of allylic oxidation sites excluding steroid dienone is 1. The largest absolute Gasteiger partial charge is 0.485 e. The highest BCUT2D eigenvalue weighted by atomic mass is 16.6. The van der Waals surface area contributed by atoms with Gasteiger partial charge >= 0.3 is 6.09 Å². The van der Waals surface area contributed by atoms with E-state index >= 15 is 0 Å². The molecule has 0 aliphatic carbocycles. The van der Waals surface area contributed by atoms with Crippen molar-refractivity contribution in [2.75, 3.05) is 13.1 Å². The molecule has 4 rings (SSSR count). The number of carbonyl (C=O) groups is 2. The maximum absolute atomic E-state index is 12.8. The Hall–Kier alpha value is -3.54. The van der Waals surface area contributed by atoms with Gasteiger partial charge in [-0.2, -0.15) is 0 Å². The number of nitrogens with zero attached hydrogens (tertiary/aromatic N) is 1. The first-order valence-electron chi connectivity index (χ1n) is 10.0. The van der Waals surface area contributed by atoms with Gasteiger partial charge in [-0.25, -0.2) is 4.79 Å². The number of para-hydroxylation sites is 1. The van der Waals surface area contributed by atoms with E-state index in [1.54, 1.807) is 29.2 Å². The van der Waals surface area contributed by atoms with Crippen LogP contribution in [0.3, 0.4) is 0 Å². The molecule has 1 amide bonds. The van der Waals surface area contributed by atoms with Crippen molar-refractivity contribution < 1.29 is 23.8 Å². The molecule has 0 unspecified atom stereocenters. The van der Waals surface area contributed by atoms with Gasteiger partial charge in [0.1, 0.15) is 23.4 Å². The first-order chi connectivity index (χ1) is 14.5. The molecule has 2 aromatic carbocycles. The summed E-state index contributed by atoms with van der Waals surface area (Å²) in [5.74, 6) is 1.54. The number of benzene rings is 2. The molecule has 0 fully saturated rings. The van der Waals surface area contributed by atoms with Crippen LogP contribution < -0.4 is 14.2 Å². The van der Waals surface area contributed by atoms with Gasteiger partial charge in [-0.3, -0.25) is 4.79 Å². The lowest BCUT2D eigenvalue weighted by Gasteiger charge is -2.22. The summed E-state index contributed by atoms with van der Waals surface area (Å²) in [5.41, 5.74) is 2.24. The minimum Gasteiger partial charge on any atom is -0.485 e. The van der Waals surface area contributed by atoms with Crippen molar-refractivity contribution in [1.82, 2.24) is 4.90 Å². The van der Waals surface area contributed by atoms with Crippen molar-refractivity contribution in [3.63, 3.8) is 0 Å². The van der Waals surface area contributed by atoms with E-state index in [2.05, 4.69) is 0 Å². The van der Waals surface area contributed by atoms with Crippen molar-refractivity contribution >= 4 is 18.0 Å². The summed E-state index contributed by atoms with van der Waals surface area (Å²) in [4.78, 5) is 26.5. The quantitative estimate of drug-likeness (QED) is 0.681. The Bertz CT molecular complexity index is 1070. The molecule has 2 aromatic rings. The predicted octanol–water partition coefficient (Wildman–Crippen LogP) is 4.85. The third kappa shape index (κ3) is 3.68. The Morgan fingerprint density at radius 1 is 1.13 bits per heavy atom. The first-order valence-corrected chi connectivity index (χ1v) is 10.0. The fourth-order valence-corrected chi connectivity index (χ4v) is 3.45. The molecular weight excluding hydrogens is 382 g/mol. The number of carbonyl (C=O) groups excluding carboxylic acids is 2. The van der Waals surface area contributed by atoms with Gasteiger partial charge in [0.25, 0.3) is 0 Å². The normalized spacial score (nSPS) is 18.1. The van der Waals surface area contributed by atoms with Crippen molar-refractivity contribution in [2.24, 2.45) is 0 Å². The minimum atomic E-state index is -0.433. The van der Waals surface area contributed by atoms with Gasteiger partial charge in [0.2, 0.25) is 5.78 Å². The van der Waals surface area contributed by atoms with E-state index < -0.39 is 6.09 Å². The first kappa shape index (κ1) is 19.8. The van der Waals surface area contributed by atoms with Crippen LogP contribution in [0.15, 0.2) is 59.9 Å². The lowest BCUT2D eigenvalue weighted by atomic mass is 10.0. The van der Waals surface area contributed by atoms with Gasteiger partial charge in [-0.15, -0.1) is 0 Å². The monoisotopic (exact) mass is 405 g/mol. The third-order valence-corrected chi connectivity index (χ3v) is 5.18. The molecule has 0 saturated carbocycles. The Labute approximate surface area is 175 Å². The highest BCUT2D eigenvalue weighted by molar-refractivity contribution is 6.12. The number of Topliss-reactive ketones (excluding diaryl/α,β-unsaturated/α-hetero) is 1. The summed E-state index contributed by atoms with van der Waals surface area (Å²) in [6.45, 7) is 6.81. The summed E-state index contributed by atoms with van der Waals surface area (Å²) in [5, 5.41) is 0. The van der Waals surface area contributed by atoms with Gasteiger partial charge in [0.15, 0.2) is 5.76 Å². The molecule has 30 heavy (non-hydrogen) atoms. The number of amides is 1. The maximum atomic E-state index is 12.8. The molecule has 6 heteroatoms. The van der Waals surface area contributed by atoms with Gasteiger partial charge in [0, 0.05) is 24.7 Å². The zero-order chi connectivity index (χ0) is 21.3. The minimum absolute atomic E-state index is 0.210. The van der Waals surface area contributed by atoms with Crippen LogP contribution in [0.5, 0.6) is 17.2 Å². The molecule has 6 nitrogen and oxygen atoms in total. The van der Waals surface area contributed by atoms with E-state index in [9.17, 15) is 9.59 Å². The van der Waals surface area contributed by atoms with Crippen molar-refractivity contribution in [1.29, 1.82) is 0 Å². The molecule has 0 radical (unpaired) electrons. The van der Waals surface area contributed by atoms with Gasteiger partial charge in [0.05, 0.1) is 5.56 Å². The number of hydrogen-bond acceptors (Lipinski definition) is 5. The van der Waals surface area contributed by atoms with E-state index in [0.717, 1.165) is 16.9 Å². The second-order valence-electron chi connectivity index (χ2n) is 7.08. The van der Waals surface area contributed by atoms with Crippen LogP contribution in [-0.4, -0.2) is 36.0 Å². The fraction of sp³-hybridized carbons (Fsp3) is 0.250. The van der Waals surface area contributed by atoms with Crippen LogP contribution in [0, 0.1) is 0 Å². The van der Waals surface area contributed by atoms with Crippen LogP contribution >= 0.6 is 0 Å². The van der Waals surface area contributed by atoms with Crippen molar-refractivity contribution in [3.05, 3.63) is 71.0 Å². The summed E-state index contributed by atoms with van der Waals surface area (Å²) in [7, 11) is 0. The smallest absolute Gasteiger partial charge is 0.415 e. The zero-order valence-corrected chi connectivity index (χ0v) is 17.2. The number of ether oxygens (including phenoxy) is 3. The molecule has 0 spiro atoms. The molecule has 0 saturated heterocycles. The number of hydrogen-bond donors (Lipinski definition) is 0. The molecule has 1 atom stereocenters. The molecule has 0 aromatic heterocycles. The fourth-order valence-electron chi connectivity index (χ4n) is 3.45. The second-order valence-corrected chi connectivity index (χ2v) is 7.08. The average Bonchev–Trinajstić information content (AvgIpc) is 3.04. The summed E-state index contributed by atoms with van der Waals surface area (Å²) in [6.07, 6.45) is 3.06. The van der Waals surface area contributed by atoms with Crippen LogP contribution in [0.1, 0.15) is 36.7 Å². The molecule has 0 N–H and O–H groups in total. The standard InChI is InChI=1S/C24H23NO5/c1-4-25(5-2)24(27)29-18-10-11-19-21(14-18)30-22(23(19)26)13-17-12-16-8-6-7-9-20(16)28-15(17)3/h6-15H,4-5H2,1-3H3/t15-/m1/s1. The lowest BCUT2D eigenvalue weighted by molar-refractivity contribution is 0.101. The summed E-state index contributed by atoms with van der Waals surface area (Å²) < 4.78 is 17.1. The summed E-state index contributed by atoms with van der Waals surface area (Å²) in [6, 6.07) is 12.5. The Morgan fingerprint density at radius 3 is 2.67 bits per heavy atom. The lowest BCUT2D eigenvalue weighted by Crippen LogP contribution is -2.33. The Balaban J connectivity index is 1.57. The highest BCUT2D eigenvalue weighted by Gasteiger charge is 2.29. The van der Waals surface area contributed by atoms with Crippen LogP contribution in [0.4, 0.5) is 4.79 Å². The van der Waals surface area contributed by atoms with Crippen LogP contribution in [-0.2, 0) is 0 Å². The average molecular weight is 405 g/mol. The highest BCUT2D eigenvalue weighted by Crippen LogP contribution is 2.36. The molecule has 2 heterocycles. The van der Waals surface area contributed by atoms with E-state index in [1.807, 2.05) is 51.1 Å². The van der Waals surface area contributed by atoms with Gasteiger partial charge in [-0.1, -0.05) is 18.2 Å². The van der Waals surface area contributed by atoms with Crippen molar-refractivity contribution in [2.45, 2.75) is 26.9 Å². The van der Waals surface area contributed by atoms with Gasteiger partial charge in [-0.05, 0) is 56.7 Å². The van der Waals surface area contributed by atoms with E-state index in [4.69, 9.17) is 14.2 Å². The molecule has 2 aliphatic heterocycles. The Morgan fingerprint density at radius 2 is 1.90 bits per heavy atom. The number of rotatable bonds is 4. The maximum Gasteiger partial charge on any atom is 0.415 e. The van der Waals surface area contributed by atoms with Crippen LogP contribution in [0.2, 0.25) is 0 Å². The molecular formula is C24H23NO5. The van der Waals surface area contributed by atoms with E-state index in [0.29, 0.717) is 30.2 Å². The topological polar surface area (TPSA) is 65.1 Å². The number of fused-ring (bicyclic) bond motifs is 2. The zero-order valence-electron chi connectivity index (χ0n) is 17.2.